The number of piperidine rings is 1. The van der Waals surface area contributed by atoms with Crippen LogP contribution >= 0.6 is 24.0 Å². The van der Waals surface area contributed by atoms with Gasteiger partial charge in [-0.15, -0.1) is 0 Å². The highest BCUT2D eigenvalue weighted by Crippen LogP contribution is 2.36. The van der Waals surface area contributed by atoms with Gasteiger partial charge in [0.15, 0.2) is 0 Å². The van der Waals surface area contributed by atoms with Crippen molar-refractivity contribution in [2.75, 3.05) is 24.5 Å². The van der Waals surface area contributed by atoms with Gasteiger partial charge in [-0.05, 0) is 51.2 Å². The molecule has 2 saturated heterocycles. The molecule has 0 saturated carbocycles. The molecule has 0 aromatic carbocycles. The summed E-state index contributed by atoms with van der Waals surface area (Å²) in [6.07, 6.45) is 5.93. The van der Waals surface area contributed by atoms with Crippen LogP contribution in [0.5, 0.6) is 0 Å². The van der Waals surface area contributed by atoms with Crippen LogP contribution in [0.25, 0.3) is 6.08 Å². The summed E-state index contributed by atoms with van der Waals surface area (Å²) in [6, 6.07) is 2.09. The number of carbonyl (C=O) groups excluding carboxylic acids is 1. The highest BCUT2D eigenvalue weighted by atomic mass is 32.2. The van der Waals surface area contributed by atoms with Crippen molar-refractivity contribution in [3.8, 4) is 6.07 Å². The average molecular weight is 431 g/mol. The lowest BCUT2D eigenvalue weighted by Gasteiger charge is -2.33. The Morgan fingerprint density at radius 1 is 1.21 bits per heavy atom. The molecule has 0 bridgehead atoms. The number of anilines is 1. The number of rotatable bonds is 5. The van der Waals surface area contributed by atoms with Crippen LogP contribution in [0.4, 0.5) is 5.82 Å². The van der Waals surface area contributed by atoms with Crippen LogP contribution in [-0.4, -0.2) is 39.3 Å². The molecule has 0 aliphatic carbocycles. The zero-order valence-electron chi connectivity index (χ0n) is 17.2. The van der Waals surface area contributed by atoms with E-state index in [-0.39, 0.29) is 17.0 Å². The Kier molecular flexibility index (Phi) is 6.81. The number of aromatic nitrogens is 1. The van der Waals surface area contributed by atoms with Crippen molar-refractivity contribution in [3.05, 3.63) is 31.9 Å². The molecule has 0 N–H and O–H groups in total. The average Bonchev–Trinajstić information content (AvgIpc) is 2.99. The molecule has 1 aromatic heterocycles. The van der Waals surface area contributed by atoms with Gasteiger partial charge in [0.2, 0.25) is 0 Å². The maximum absolute atomic E-state index is 13.1. The molecular weight excluding hydrogens is 404 g/mol. The van der Waals surface area contributed by atoms with E-state index in [9.17, 15) is 14.9 Å². The van der Waals surface area contributed by atoms with Crippen LogP contribution < -0.4 is 10.5 Å². The summed E-state index contributed by atoms with van der Waals surface area (Å²) in [5.74, 6) is 0.716. The summed E-state index contributed by atoms with van der Waals surface area (Å²) in [4.78, 5) is 30.2. The summed E-state index contributed by atoms with van der Waals surface area (Å²) in [7, 11) is 0. The lowest BCUT2D eigenvalue weighted by Crippen LogP contribution is -2.37. The SMILES string of the molecule is CCCn1c(N2CCCCC2)c(C=C2SC(=S)N(CC)C2=O)c(C)c(C#N)c1=O. The van der Waals surface area contributed by atoms with E-state index in [4.69, 9.17) is 12.2 Å². The third-order valence-corrected chi connectivity index (χ3v) is 6.79. The van der Waals surface area contributed by atoms with Gasteiger partial charge in [-0.1, -0.05) is 30.9 Å². The van der Waals surface area contributed by atoms with Crippen molar-refractivity contribution < 1.29 is 4.79 Å². The van der Waals surface area contributed by atoms with E-state index in [0.717, 1.165) is 43.7 Å². The fourth-order valence-corrected chi connectivity index (χ4v) is 5.29. The molecule has 2 aliphatic heterocycles. The minimum absolute atomic E-state index is 0.113. The standard InChI is InChI=1S/C21H26N4O2S2/c1-4-9-25-18(23-10-7-6-8-11-23)15(14(3)16(13-22)19(25)26)12-17-20(27)24(5-2)21(28)29-17/h12H,4-11H2,1-3H3. The van der Waals surface area contributed by atoms with Gasteiger partial charge in [0.1, 0.15) is 21.8 Å². The number of thioether (sulfide) groups is 1. The second kappa shape index (κ2) is 9.14. The van der Waals surface area contributed by atoms with Gasteiger partial charge in [-0.3, -0.25) is 19.1 Å². The van der Waals surface area contributed by atoms with E-state index in [2.05, 4.69) is 11.0 Å². The molecule has 8 heteroatoms. The molecular formula is C21H26N4O2S2. The van der Waals surface area contributed by atoms with Crippen LogP contribution in [0.3, 0.4) is 0 Å². The fourth-order valence-electron chi connectivity index (χ4n) is 3.93. The highest BCUT2D eigenvalue weighted by molar-refractivity contribution is 8.26. The van der Waals surface area contributed by atoms with Crippen LogP contribution in [0.1, 0.15) is 56.2 Å². The number of nitriles is 1. The highest BCUT2D eigenvalue weighted by Gasteiger charge is 2.32. The summed E-state index contributed by atoms with van der Waals surface area (Å²) in [5, 5.41) is 9.65. The number of thiocarbonyl (C=S) groups is 1. The third-order valence-electron chi connectivity index (χ3n) is 5.41. The predicted molar refractivity (Wildman–Crippen MR) is 122 cm³/mol. The number of hydrogen-bond donors (Lipinski definition) is 0. The largest absolute Gasteiger partial charge is 0.357 e. The number of hydrogen-bond acceptors (Lipinski definition) is 6. The number of likely N-dealkylation sites (N-methyl/N-ethyl adjacent to an activating group) is 1. The maximum atomic E-state index is 13.1. The van der Waals surface area contributed by atoms with E-state index in [1.165, 1.54) is 18.2 Å². The van der Waals surface area contributed by atoms with Crippen molar-refractivity contribution in [2.45, 2.75) is 53.0 Å². The number of pyridine rings is 1. The second-order valence-corrected chi connectivity index (χ2v) is 8.96. The zero-order valence-corrected chi connectivity index (χ0v) is 18.8. The fraction of sp³-hybridized carbons (Fsp3) is 0.524. The summed E-state index contributed by atoms with van der Waals surface area (Å²) in [5.41, 5.74) is 1.32. The Hall–Kier alpha value is -2.11. The minimum Gasteiger partial charge on any atom is -0.357 e. The van der Waals surface area contributed by atoms with Gasteiger partial charge in [0.25, 0.3) is 11.5 Å². The van der Waals surface area contributed by atoms with E-state index in [0.29, 0.717) is 27.9 Å². The molecule has 29 heavy (non-hydrogen) atoms. The first-order valence-electron chi connectivity index (χ1n) is 10.1. The number of carbonyl (C=O) groups is 1. The maximum Gasteiger partial charge on any atom is 0.270 e. The molecule has 0 atom stereocenters. The Bertz CT molecular complexity index is 968. The molecule has 0 unspecified atom stereocenters. The molecule has 1 amide bonds. The van der Waals surface area contributed by atoms with Crippen LogP contribution in [0.15, 0.2) is 9.70 Å². The van der Waals surface area contributed by atoms with Gasteiger partial charge >= 0.3 is 0 Å². The van der Waals surface area contributed by atoms with Gasteiger partial charge < -0.3 is 4.90 Å². The molecule has 2 aliphatic rings. The molecule has 154 valence electrons. The molecule has 0 radical (unpaired) electrons. The van der Waals surface area contributed by atoms with Crippen molar-refractivity contribution in [3.63, 3.8) is 0 Å². The monoisotopic (exact) mass is 430 g/mol. The normalized spacial score (nSPS) is 18.6. The predicted octanol–water partition coefficient (Wildman–Crippen LogP) is 3.65. The van der Waals surface area contributed by atoms with Gasteiger partial charge in [0, 0.05) is 31.7 Å². The summed E-state index contributed by atoms with van der Waals surface area (Å²) >= 11 is 6.63. The second-order valence-electron chi connectivity index (χ2n) is 7.28. The molecule has 3 rings (SSSR count). The summed E-state index contributed by atoms with van der Waals surface area (Å²) in [6.45, 7) is 8.51. The van der Waals surface area contributed by atoms with E-state index >= 15 is 0 Å². The van der Waals surface area contributed by atoms with Crippen molar-refractivity contribution in [1.29, 1.82) is 5.26 Å². The van der Waals surface area contributed by atoms with E-state index in [1.807, 2.05) is 19.9 Å². The first kappa shape index (κ1) is 21.6. The van der Waals surface area contributed by atoms with Crippen molar-refractivity contribution in [2.24, 2.45) is 0 Å². The van der Waals surface area contributed by atoms with Crippen molar-refractivity contribution in [1.82, 2.24) is 9.47 Å². The smallest absolute Gasteiger partial charge is 0.270 e. The number of nitrogens with zero attached hydrogens (tertiary/aromatic N) is 4. The lowest BCUT2D eigenvalue weighted by atomic mass is 10.0. The van der Waals surface area contributed by atoms with Crippen LogP contribution in [0.2, 0.25) is 0 Å². The topological polar surface area (TPSA) is 69.3 Å². The molecule has 2 fully saturated rings. The number of amides is 1. The Labute approximate surface area is 181 Å². The minimum atomic E-state index is -0.245. The first-order valence-corrected chi connectivity index (χ1v) is 11.3. The van der Waals surface area contributed by atoms with Crippen LogP contribution in [-0.2, 0) is 11.3 Å². The summed E-state index contributed by atoms with van der Waals surface area (Å²) < 4.78 is 2.27. The lowest BCUT2D eigenvalue weighted by molar-refractivity contribution is -0.121. The molecule has 1 aromatic rings. The molecule has 6 nitrogen and oxygen atoms in total. The third kappa shape index (κ3) is 3.99. The Morgan fingerprint density at radius 3 is 2.45 bits per heavy atom. The van der Waals surface area contributed by atoms with Gasteiger partial charge in [-0.25, -0.2) is 0 Å². The van der Waals surface area contributed by atoms with E-state index < -0.39 is 0 Å². The molecule has 3 heterocycles. The zero-order chi connectivity index (χ0) is 21.1. The van der Waals surface area contributed by atoms with Crippen molar-refractivity contribution >= 4 is 46.1 Å². The van der Waals surface area contributed by atoms with E-state index in [1.54, 1.807) is 16.4 Å². The first-order chi connectivity index (χ1) is 13.9. The van der Waals surface area contributed by atoms with Crippen LogP contribution in [0, 0.1) is 18.3 Å². The Morgan fingerprint density at radius 2 is 1.90 bits per heavy atom. The quantitative estimate of drug-likeness (QED) is 0.525. The molecule has 0 spiro atoms. The van der Waals surface area contributed by atoms with Gasteiger partial charge in [-0.2, -0.15) is 5.26 Å². The Balaban J connectivity index is 2.27. The van der Waals surface area contributed by atoms with Gasteiger partial charge in [0.05, 0.1) is 4.91 Å².